The quantitative estimate of drug-likeness (QED) is 0.569. The molecule has 0 radical (unpaired) electrons. The Morgan fingerprint density at radius 1 is 1.14 bits per heavy atom. The molecule has 0 bridgehead atoms. The van der Waals surface area contributed by atoms with Gasteiger partial charge in [0.15, 0.2) is 0 Å². The van der Waals surface area contributed by atoms with Crippen LogP contribution in [0.3, 0.4) is 0 Å². The Morgan fingerprint density at radius 3 is 2.67 bits per heavy atom. The van der Waals surface area contributed by atoms with E-state index in [0.717, 1.165) is 33.6 Å². The molecular weight excluding hydrogens is 264 g/mol. The maximum absolute atomic E-state index is 5.90. The molecule has 1 heterocycles. The van der Waals surface area contributed by atoms with Gasteiger partial charge in [-0.05, 0) is 36.2 Å². The number of para-hydroxylation sites is 1. The summed E-state index contributed by atoms with van der Waals surface area (Å²) in [7, 11) is 1.66. The minimum absolute atomic E-state index is 0.216. The van der Waals surface area contributed by atoms with Gasteiger partial charge in [0.25, 0.3) is 0 Å². The van der Waals surface area contributed by atoms with Gasteiger partial charge in [-0.25, -0.2) is 5.43 Å². The zero-order chi connectivity index (χ0) is 14.8. The van der Waals surface area contributed by atoms with Gasteiger partial charge in [-0.1, -0.05) is 30.3 Å². The monoisotopic (exact) mass is 282 g/mol. The van der Waals surface area contributed by atoms with E-state index in [1.807, 2.05) is 55.5 Å². The number of hydrogen-bond donors (Lipinski definition) is 2. The van der Waals surface area contributed by atoms with Crippen molar-refractivity contribution in [1.29, 1.82) is 0 Å². The zero-order valence-corrected chi connectivity index (χ0v) is 12.1. The lowest BCUT2D eigenvalue weighted by atomic mass is 10.0. The average Bonchev–Trinajstić information content (AvgIpc) is 2.93. The lowest BCUT2D eigenvalue weighted by molar-refractivity contribution is 0.409. The molecular formula is C17H18N2O2. The molecule has 0 saturated carbocycles. The molecule has 0 aliphatic heterocycles. The van der Waals surface area contributed by atoms with Crippen molar-refractivity contribution in [3.05, 3.63) is 65.4 Å². The third kappa shape index (κ3) is 2.51. The first kappa shape index (κ1) is 13.7. The lowest BCUT2D eigenvalue weighted by Crippen LogP contribution is -2.28. The maximum Gasteiger partial charge on any atom is 0.134 e. The van der Waals surface area contributed by atoms with Gasteiger partial charge in [0.1, 0.15) is 23.1 Å². The molecule has 2 aromatic carbocycles. The van der Waals surface area contributed by atoms with Crippen LogP contribution in [0.2, 0.25) is 0 Å². The highest BCUT2D eigenvalue weighted by Crippen LogP contribution is 2.30. The van der Waals surface area contributed by atoms with Crippen LogP contribution in [0.5, 0.6) is 5.75 Å². The summed E-state index contributed by atoms with van der Waals surface area (Å²) in [5, 5.41) is 1.06. The first-order valence-corrected chi connectivity index (χ1v) is 6.82. The Kier molecular flexibility index (Phi) is 3.64. The van der Waals surface area contributed by atoms with Gasteiger partial charge in [0, 0.05) is 5.39 Å². The van der Waals surface area contributed by atoms with Gasteiger partial charge in [-0.15, -0.1) is 0 Å². The zero-order valence-electron chi connectivity index (χ0n) is 12.1. The Balaban J connectivity index is 2.05. The van der Waals surface area contributed by atoms with Crippen molar-refractivity contribution in [2.24, 2.45) is 5.84 Å². The summed E-state index contributed by atoms with van der Waals surface area (Å²) in [6, 6.07) is 15.7. The van der Waals surface area contributed by atoms with E-state index in [1.54, 1.807) is 7.11 Å². The molecule has 3 rings (SSSR count). The Morgan fingerprint density at radius 2 is 1.95 bits per heavy atom. The van der Waals surface area contributed by atoms with E-state index in [-0.39, 0.29) is 6.04 Å². The van der Waals surface area contributed by atoms with Crippen LogP contribution in [0.1, 0.15) is 22.9 Å². The van der Waals surface area contributed by atoms with Crippen LogP contribution in [0, 0.1) is 6.92 Å². The predicted molar refractivity (Wildman–Crippen MR) is 83.1 cm³/mol. The lowest BCUT2D eigenvalue weighted by Gasteiger charge is -2.15. The minimum Gasteiger partial charge on any atom is -0.496 e. The van der Waals surface area contributed by atoms with Gasteiger partial charge >= 0.3 is 0 Å². The summed E-state index contributed by atoms with van der Waals surface area (Å²) in [6.07, 6.45) is 0. The Bertz CT molecular complexity index is 731. The van der Waals surface area contributed by atoms with E-state index in [2.05, 4.69) is 5.43 Å². The molecule has 3 aromatic rings. The molecule has 21 heavy (non-hydrogen) atoms. The summed E-state index contributed by atoms with van der Waals surface area (Å²) in [5.41, 5.74) is 5.75. The molecule has 4 heteroatoms. The van der Waals surface area contributed by atoms with Gasteiger partial charge in [-0.3, -0.25) is 5.84 Å². The van der Waals surface area contributed by atoms with E-state index < -0.39 is 0 Å². The van der Waals surface area contributed by atoms with Gasteiger partial charge < -0.3 is 9.15 Å². The van der Waals surface area contributed by atoms with Crippen molar-refractivity contribution < 1.29 is 9.15 Å². The summed E-state index contributed by atoms with van der Waals surface area (Å²) in [6.45, 7) is 2.01. The fraction of sp³-hybridized carbons (Fsp3) is 0.176. The third-order valence-corrected chi connectivity index (χ3v) is 3.66. The third-order valence-electron chi connectivity index (χ3n) is 3.66. The molecule has 1 atom stereocenters. The molecule has 1 unspecified atom stereocenters. The molecule has 4 nitrogen and oxygen atoms in total. The number of rotatable bonds is 4. The SMILES string of the molecule is COc1cc(C(NN)c2cc3ccccc3o2)ccc1C. The average molecular weight is 282 g/mol. The summed E-state index contributed by atoms with van der Waals surface area (Å²) >= 11 is 0. The van der Waals surface area contributed by atoms with Crippen molar-refractivity contribution in [3.63, 3.8) is 0 Å². The second-order valence-corrected chi connectivity index (χ2v) is 5.02. The molecule has 3 N–H and O–H groups in total. The van der Waals surface area contributed by atoms with Gasteiger partial charge in [0.2, 0.25) is 0 Å². The van der Waals surface area contributed by atoms with Crippen LogP contribution in [0.15, 0.2) is 52.9 Å². The van der Waals surface area contributed by atoms with Crippen molar-refractivity contribution >= 4 is 11.0 Å². The van der Waals surface area contributed by atoms with Crippen molar-refractivity contribution in [1.82, 2.24) is 5.43 Å². The normalized spacial score (nSPS) is 12.5. The van der Waals surface area contributed by atoms with Crippen molar-refractivity contribution in [2.75, 3.05) is 7.11 Å². The summed E-state index contributed by atoms with van der Waals surface area (Å²) < 4.78 is 11.3. The predicted octanol–water partition coefficient (Wildman–Crippen LogP) is 3.30. The highest BCUT2D eigenvalue weighted by atomic mass is 16.5. The number of hydrogen-bond acceptors (Lipinski definition) is 4. The van der Waals surface area contributed by atoms with Crippen LogP contribution in [0.25, 0.3) is 11.0 Å². The number of hydrazine groups is 1. The summed E-state index contributed by atoms with van der Waals surface area (Å²) in [4.78, 5) is 0. The number of nitrogens with two attached hydrogens (primary N) is 1. The van der Waals surface area contributed by atoms with Crippen LogP contribution in [-0.2, 0) is 0 Å². The van der Waals surface area contributed by atoms with Crippen LogP contribution >= 0.6 is 0 Å². The minimum atomic E-state index is -0.216. The number of benzene rings is 2. The number of aryl methyl sites for hydroxylation is 1. The van der Waals surface area contributed by atoms with E-state index >= 15 is 0 Å². The summed E-state index contributed by atoms with van der Waals surface area (Å²) in [5.74, 6) is 7.36. The highest BCUT2D eigenvalue weighted by molar-refractivity contribution is 5.78. The smallest absolute Gasteiger partial charge is 0.134 e. The molecule has 1 aromatic heterocycles. The highest BCUT2D eigenvalue weighted by Gasteiger charge is 2.18. The van der Waals surface area contributed by atoms with Crippen LogP contribution in [-0.4, -0.2) is 7.11 Å². The largest absolute Gasteiger partial charge is 0.496 e. The van der Waals surface area contributed by atoms with Crippen LogP contribution in [0.4, 0.5) is 0 Å². The molecule has 0 fully saturated rings. The van der Waals surface area contributed by atoms with Crippen molar-refractivity contribution in [3.8, 4) is 5.75 Å². The standard InChI is InChI=1S/C17H18N2O2/c1-11-7-8-13(10-15(11)20-2)17(19-18)16-9-12-5-3-4-6-14(12)21-16/h3-10,17,19H,18H2,1-2H3. The number of fused-ring (bicyclic) bond motifs is 1. The molecule has 0 saturated heterocycles. The first-order valence-electron chi connectivity index (χ1n) is 6.82. The second-order valence-electron chi connectivity index (χ2n) is 5.02. The topological polar surface area (TPSA) is 60.4 Å². The van der Waals surface area contributed by atoms with Gasteiger partial charge in [0.05, 0.1) is 7.11 Å². The van der Waals surface area contributed by atoms with Crippen molar-refractivity contribution in [2.45, 2.75) is 13.0 Å². The number of ether oxygens (including phenoxy) is 1. The molecule has 0 aliphatic rings. The van der Waals surface area contributed by atoms with Gasteiger partial charge in [-0.2, -0.15) is 0 Å². The molecule has 0 aliphatic carbocycles. The molecule has 0 spiro atoms. The second kappa shape index (κ2) is 5.60. The van der Waals surface area contributed by atoms with E-state index in [0.29, 0.717) is 0 Å². The van der Waals surface area contributed by atoms with E-state index in [4.69, 9.17) is 15.0 Å². The maximum atomic E-state index is 5.90. The van der Waals surface area contributed by atoms with E-state index in [9.17, 15) is 0 Å². The Labute approximate surface area is 123 Å². The molecule has 108 valence electrons. The number of furan rings is 1. The molecule has 0 amide bonds. The fourth-order valence-corrected chi connectivity index (χ4v) is 2.50. The van der Waals surface area contributed by atoms with Crippen LogP contribution < -0.4 is 16.0 Å². The fourth-order valence-electron chi connectivity index (χ4n) is 2.50. The van der Waals surface area contributed by atoms with E-state index in [1.165, 1.54) is 0 Å². The first-order chi connectivity index (χ1) is 10.2. The number of nitrogens with one attached hydrogen (secondary N) is 1. The number of methoxy groups -OCH3 is 1. The Hall–Kier alpha value is -2.30.